The van der Waals surface area contributed by atoms with Crippen molar-refractivity contribution in [2.45, 2.75) is 27.2 Å². The summed E-state index contributed by atoms with van der Waals surface area (Å²) in [5, 5.41) is 2.95. The molecule has 0 aromatic heterocycles. The first-order valence-corrected chi connectivity index (χ1v) is 8.21. The van der Waals surface area contributed by atoms with Gasteiger partial charge in [0.2, 0.25) is 0 Å². The molecular formula is C21H24N2O. The molecule has 0 bridgehead atoms. The Kier molecular flexibility index (Phi) is 6.50. The van der Waals surface area contributed by atoms with Crippen molar-refractivity contribution in [1.82, 2.24) is 5.32 Å². The van der Waals surface area contributed by atoms with E-state index >= 15 is 0 Å². The van der Waals surface area contributed by atoms with Crippen molar-refractivity contribution in [2.24, 2.45) is 4.99 Å². The molecule has 0 aliphatic carbocycles. The summed E-state index contributed by atoms with van der Waals surface area (Å²) in [5.74, 6) is -0.0470. The van der Waals surface area contributed by atoms with Crippen molar-refractivity contribution in [1.29, 1.82) is 0 Å². The van der Waals surface area contributed by atoms with Gasteiger partial charge in [0, 0.05) is 29.9 Å². The molecule has 0 atom stereocenters. The molecule has 2 aromatic rings. The van der Waals surface area contributed by atoms with Crippen LogP contribution in [0.3, 0.4) is 0 Å². The fourth-order valence-corrected chi connectivity index (χ4v) is 2.34. The van der Waals surface area contributed by atoms with Gasteiger partial charge < -0.3 is 5.32 Å². The van der Waals surface area contributed by atoms with Crippen LogP contribution in [0.5, 0.6) is 0 Å². The first-order valence-electron chi connectivity index (χ1n) is 8.21. The summed E-state index contributed by atoms with van der Waals surface area (Å²) >= 11 is 0. The molecule has 0 saturated carbocycles. The van der Waals surface area contributed by atoms with Crippen molar-refractivity contribution in [2.75, 3.05) is 6.54 Å². The molecule has 1 N–H and O–H groups in total. The third-order valence-corrected chi connectivity index (χ3v) is 3.82. The van der Waals surface area contributed by atoms with Crippen LogP contribution in [-0.4, -0.2) is 18.2 Å². The summed E-state index contributed by atoms with van der Waals surface area (Å²) in [7, 11) is 0. The highest BCUT2D eigenvalue weighted by atomic mass is 16.1. The number of rotatable bonds is 6. The van der Waals surface area contributed by atoms with Crippen molar-refractivity contribution >= 4 is 11.6 Å². The molecular weight excluding hydrogens is 296 g/mol. The molecule has 2 rings (SSSR count). The van der Waals surface area contributed by atoms with Gasteiger partial charge in [0.15, 0.2) is 0 Å². The number of aliphatic imine (C=N–C) groups is 1. The van der Waals surface area contributed by atoms with Gasteiger partial charge in [-0.15, -0.1) is 0 Å². The van der Waals surface area contributed by atoms with Crippen LogP contribution in [0, 0.1) is 6.92 Å². The summed E-state index contributed by atoms with van der Waals surface area (Å²) in [5.41, 5.74) is 4.90. The molecule has 0 aliphatic heterocycles. The van der Waals surface area contributed by atoms with E-state index in [1.54, 1.807) is 0 Å². The van der Waals surface area contributed by atoms with E-state index in [1.807, 2.05) is 81.4 Å². The minimum Gasteiger partial charge on any atom is -0.352 e. The lowest BCUT2D eigenvalue weighted by atomic mass is 10.1. The second-order valence-corrected chi connectivity index (χ2v) is 5.72. The monoisotopic (exact) mass is 320 g/mol. The zero-order valence-corrected chi connectivity index (χ0v) is 14.5. The smallest absolute Gasteiger partial charge is 0.251 e. The molecule has 0 spiro atoms. The summed E-state index contributed by atoms with van der Waals surface area (Å²) in [6.45, 7) is 6.55. The van der Waals surface area contributed by atoms with Gasteiger partial charge in [-0.25, -0.2) is 0 Å². The van der Waals surface area contributed by atoms with Crippen molar-refractivity contribution in [3.63, 3.8) is 0 Å². The Morgan fingerprint density at radius 3 is 2.33 bits per heavy atom. The molecule has 124 valence electrons. The van der Waals surface area contributed by atoms with Crippen LogP contribution in [-0.2, 0) is 0 Å². The van der Waals surface area contributed by atoms with Crippen molar-refractivity contribution in [3.8, 4) is 0 Å². The maximum atomic E-state index is 12.1. The van der Waals surface area contributed by atoms with E-state index in [0.717, 1.165) is 22.5 Å². The highest BCUT2D eigenvalue weighted by molar-refractivity contribution is 5.99. The van der Waals surface area contributed by atoms with E-state index < -0.39 is 0 Å². The van der Waals surface area contributed by atoms with Gasteiger partial charge in [0.05, 0.1) is 0 Å². The molecule has 3 heteroatoms. The highest BCUT2D eigenvalue weighted by Crippen LogP contribution is 2.08. The molecule has 2 aromatic carbocycles. The summed E-state index contributed by atoms with van der Waals surface area (Å²) < 4.78 is 0. The van der Waals surface area contributed by atoms with Gasteiger partial charge in [-0.3, -0.25) is 9.79 Å². The van der Waals surface area contributed by atoms with E-state index in [1.165, 1.54) is 0 Å². The maximum absolute atomic E-state index is 12.1. The van der Waals surface area contributed by atoms with Crippen LogP contribution in [0.4, 0.5) is 0 Å². The summed E-state index contributed by atoms with van der Waals surface area (Å²) in [4.78, 5) is 16.8. The van der Waals surface area contributed by atoms with Gasteiger partial charge >= 0.3 is 0 Å². The van der Waals surface area contributed by atoms with Crippen LogP contribution in [0.25, 0.3) is 0 Å². The Hall–Kier alpha value is -2.68. The highest BCUT2D eigenvalue weighted by Gasteiger charge is 2.05. The number of amides is 1. The average Bonchev–Trinajstić information content (AvgIpc) is 2.61. The number of hydrogen-bond donors (Lipinski definition) is 1. The molecule has 0 saturated heterocycles. The van der Waals surface area contributed by atoms with Gasteiger partial charge in [-0.05, 0) is 38.5 Å². The van der Waals surface area contributed by atoms with Crippen molar-refractivity contribution < 1.29 is 4.79 Å². The SMILES string of the molecule is C/C=C(/CCNC(=O)c1ccc(C)cc1)N=C(C)c1ccccc1. The fourth-order valence-electron chi connectivity index (χ4n) is 2.34. The van der Waals surface area contributed by atoms with Crippen LogP contribution < -0.4 is 5.32 Å². The average molecular weight is 320 g/mol. The minimum atomic E-state index is -0.0470. The first-order chi connectivity index (χ1) is 11.6. The molecule has 0 fully saturated rings. The number of carbonyl (C=O) groups excluding carboxylic acids is 1. The Balaban J connectivity index is 1.90. The van der Waals surface area contributed by atoms with Crippen molar-refractivity contribution in [3.05, 3.63) is 83.1 Å². The molecule has 1 amide bonds. The van der Waals surface area contributed by atoms with E-state index in [-0.39, 0.29) is 5.91 Å². The third-order valence-electron chi connectivity index (χ3n) is 3.82. The fraction of sp³-hybridized carbons (Fsp3) is 0.238. The Labute approximate surface area is 144 Å². The predicted octanol–water partition coefficient (Wildman–Crippen LogP) is 4.53. The number of allylic oxidation sites excluding steroid dienone is 1. The van der Waals surface area contributed by atoms with Crippen LogP contribution >= 0.6 is 0 Å². The second kappa shape index (κ2) is 8.82. The molecule has 3 nitrogen and oxygen atoms in total. The lowest BCUT2D eigenvalue weighted by Gasteiger charge is -2.07. The number of hydrogen-bond acceptors (Lipinski definition) is 2. The standard InChI is InChI=1S/C21H24N2O/c1-4-20(23-17(3)18-8-6-5-7-9-18)14-15-22-21(24)19-12-10-16(2)11-13-19/h4-13H,14-15H2,1-3H3,(H,22,24)/b20-4-,23-17?. The van der Waals surface area contributed by atoms with Crippen LogP contribution in [0.1, 0.15) is 41.8 Å². The lowest BCUT2D eigenvalue weighted by molar-refractivity contribution is 0.0954. The maximum Gasteiger partial charge on any atom is 0.251 e. The summed E-state index contributed by atoms with van der Waals surface area (Å²) in [6.07, 6.45) is 2.70. The predicted molar refractivity (Wildman–Crippen MR) is 101 cm³/mol. The largest absolute Gasteiger partial charge is 0.352 e. The van der Waals surface area contributed by atoms with E-state index in [2.05, 4.69) is 10.3 Å². The topological polar surface area (TPSA) is 41.5 Å². The molecule has 0 unspecified atom stereocenters. The zero-order chi connectivity index (χ0) is 17.4. The Bertz CT molecular complexity index is 728. The third kappa shape index (κ3) is 5.20. The van der Waals surface area contributed by atoms with E-state index in [9.17, 15) is 4.79 Å². The number of nitrogens with zero attached hydrogens (tertiary/aromatic N) is 1. The van der Waals surface area contributed by atoms with Gasteiger partial charge in [0.1, 0.15) is 0 Å². The van der Waals surface area contributed by atoms with Gasteiger partial charge in [0.25, 0.3) is 5.91 Å². The Morgan fingerprint density at radius 1 is 1.04 bits per heavy atom. The normalized spacial score (nSPS) is 12.1. The zero-order valence-electron chi connectivity index (χ0n) is 14.5. The number of benzene rings is 2. The number of carbonyl (C=O) groups is 1. The second-order valence-electron chi connectivity index (χ2n) is 5.72. The Morgan fingerprint density at radius 2 is 1.71 bits per heavy atom. The van der Waals surface area contributed by atoms with Crippen LogP contribution in [0.2, 0.25) is 0 Å². The molecule has 0 radical (unpaired) electrons. The number of aryl methyl sites for hydroxylation is 1. The van der Waals surface area contributed by atoms with E-state index in [0.29, 0.717) is 18.5 Å². The minimum absolute atomic E-state index is 0.0470. The van der Waals surface area contributed by atoms with Gasteiger partial charge in [-0.2, -0.15) is 0 Å². The lowest BCUT2D eigenvalue weighted by Crippen LogP contribution is -2.24. The van der Waals surface area contributed by atoms with Crippen LogP contribution in [0.15, 0.2) is 71.4 Å². The quantitative estimate of drug-likeness (QED) is 0.781. The molecule has 0 aliphatic rings. The molecule has 24 heavy (non-hydrogen) atoms. The molecule has 0 heterocycles. The van der Waals surface area contributed by atoms with E-state index in [4.69, 9.17) is 0 Å². The summed E-state index contributed by atoms with van der Waals surface area (Å²) in [6, 6.07) is 17.7. The number of nitrogens with one attached hydrogen (secondary N) is 1. The first kappa shape index (κ1) is 17.7. The van der Waals surface area contributed by atoms with Gasteiger partial charge in [-0.1, -0.05) is 54.1 Å².